The minimum absolute atomic E-state index is 0.122. The molecule has 1 aromatic rings. The molecule has 1 aliphatic rings. The third-order valence-corrected chi connectivity index (χ3v) is 5.74. The minimum Gasteiger partial charge on any atom is -0.449 e. The summed E-state index contributed by atoms with van der Waals surface area (Å²) in [6.45, 7) is 3.65. The van der Waals surface area contributed by atoms with Gasteiger partial charge in [-0.25, -0.2) is 13.2 Å². The summed E-state index contributed by atoms with van der Waals surface area (Å²) in [6.07, 6.45) is 4.50. The van der Waals surface area contributed by atoms with Crippen LogP contribution in [0.1, 0.15) is 49.9 Å². The molecule has 7 heteroatoms. The van der Waals surface area contributed by atoms with E-state index in [-0.39, 0.29) is 22.4 Å². The van der Waals surface area contributed by atoms with Crippen LogP contribution in [0.25, 0.3) is 0 Å². The van der Waals surface area contributed by atoms with E-state index in [4.69, 9.17) is 4.74 Å². The van der Waals surface area contributed by atoms with E-state index in [0.29, 0.717) is 5.92 Å². The largest absolute Gasteiger partial charge is 0.449 e. The molecular weight excluding hydrogens is 342 g/mol. The summed E-state index contributed by atoms with van der Waals surface area (Å²) in [5, 5.41) is 2.96. The molecule has 0 aromatic heterocycles. The molecule has 1 aromatic carbocycles. The molecule has 0 saturated heterocycles. The van der Waals surface area contributed by atoms with Crippen LogP contribution < -0.4 is 5.32 Å². The first kappa shape index (κ1) is 19.4. The highest BCUT2D eigenvalue weighted by molar-refractivity contribution is 7.90. The van der Waals surface area contributed by atoms with Crippen molar-refractivity contribution in [2.24, 2.45) is 5.92 Å². The van der Waals surface area contributed by atoms with Gasteiger partial charge in [0.1, 0.15) is 0 Å². The fourth-order valence-corrected chi connectivity index (χ4v) is 3.58. The average molecular weight is 367 g/mol. The van der Waals surface area contributed by atoms with E-state index < -0.39 is 21.9 Å². The summed E-state index contributed by atoms with van der Waals surface area (Å²) in [5.41, 5.74) is 0.207. The molecule has 1 saturated carbocycles. The highest BCUT2D eigenvalue weighted by Crippen LogP contribution is 2.23. The summed E-state index contributed by atoms with van der Waals surface area (Å²) in [7, 11) is -3.32. The number of carbonyl (C=O) groups excluding carboxylic acids is 2. The molecule has 3 atom stereocenters. The smallest absolute Gasteiger partial charge is 0.338 e. The standard InChI is InChI=1S/C18H25NO5S/c1-12-6-4-5-7-16(12)19-17(20)13(2)24-18(21)14-8-10-15(11-9-14)25(3,22)23/h8-13,16H,4-7H2,1-3H3,(H,19,20)/t12-,13-,16-/m0/s1. The van der Waals surface area contributed by atoms with Gasteiger partial charge in [0.25, 0.3) is 5.91 Å². The number of sulfone groups is 1. The Kier molecular flexibility index (Phi) is 6.21. The molecule has 0 radical (unpaired) electrons. The lowest BCUT2D eigenvalue weighted by atomic mass is 9.86. The summed E-state index contributed by atoms with van der Waals surface area (Å²) in [5.74, 6) is -0.539. The Morgan fingerprint density at radius 3 is 2.32 bits per heavy atom. The topological polar surface area (TPSA) is 89.5 Å². The molecule has 0 bridgehead atoms. The van der Waals surface area contributed by atoms with Gasteiger partial charge in [-0.2, -0.15) is 0 Å². The van der Waals surface area contributed by atoms with E-state index in [1.807, 2.05) is 0 Å². The van der Waals surface area contributed by atoms with Crippen molar-refractivity contribution in [2.45, 2.75) is 56.6 Å². The molecule has 2 rings (SSSR count). The molecular formula is C18H25NO5S. The van der Waals surface area contributed by atoms with Crippen molar-refractivity contribution >= 4 is 21.7 Å². The van der Waals surface area contributed by atoms with Crippen molar-refractivity contribution in [3.05, 3.63) is 29.8 Å². The van der Waals surface area contributed by atoms with E-state index in [1.165, 1.54) is 37.6 Å². The number of benzene rings is 1. The predicted octanol–water partition coefficient (Wildman–Crippen LogP) is 2.33. The molecule has 0 spiro atoms. The van der Waals surface area contributed by atoms with Crippen molar-refractivity contribution in [2.75, 3.05) is 6.26 Å². The monoisotopic (exact) mass is 367 g/mol. The van der Waals surface area contributed by atoms with Gasteiger partial charge in [-0.3, -0.25) is 4.79 Å². The van der Waals surface area contributed by atoms with Crippen molar-refractivity contribution < 1.29 is 22.7 Å². The SMILES string of the molecule is C[C@H](OC(=O)c1ccc(S(C)(=O)=O)cc1)C(=O)N[C@H]1CCCC[C@@H]1C. The summed E-state index contributed by atoms with van der Waals surface area (Å²) < 4.78 is 28.1. The maximum atomic E-state index is 12.2. The Bertz CT molecular complexity index is 726. The lowest BCUT2D eigenvalue weighted by molar-refractivity contribution is -0.130. The number of esters is 1. The number of hydrogen-bond donors (Lipinski definition) is 1. The van der Waals surface area contributed by atoms with Gasteiger partial charge in [0.15, 0.2) is 15.9 Å². The maximum Gasteiger partial charge on any atom is 0.338 e. The van der Waals surface area contributed by atoms with Crippen molar-refractivity contribution in [3.63, 3.8) is 0 Å². The van der Waals surface area contributed by atoms with Gasteiger partial charge in [0.05, 0.1) is 10.5 Å². The molecule has 25 heavy (non-hydrogen) atoms. The van der Waals surface area contributed by atoms with Gasteiger partial charge in [-0.1, -0.05) is 19.8 Å². The molecule has 1 aliphatic carbocycles. The number of ether oxygens (including phenoxy) is 1. The predicted molar refractivity (Wildman–Crippen MR) is 94.0 cm³/mol. The second-order valence-corrected chi connectivity index (χ2v) is 8.74. The zero-order valence-corrected chi connectivity index (χ0v) is 15.6. The first-order valence-corrected chi connectivity index (χ1v) is 10.4. The van der Waals surface area contributed by atoms with Crippen LogP contribution >= 0.6 is 0 Å². The molecule has 0 heterocycles. The Hall–Kier alpha value is -1.89. The van der Waals surface area contributed by atoms with Gasteiger partial charge >= 0.3 is 5.97 Å². The summed E-state index contributed by atoms with van der Waals surface area (Å²) in [4.78, 5) is 24.5. The van der Waals surface area contributed by atoms with Crippen LogP contribution in [0.15, 0.2) is 29.2 Å². The fraction of sp³-hybridized carbons (Fsp3) is 0.556. The molecule has 1 fully saturated rings. The molecule has 1 N–H and O–H groups in total. The molecule has 138 valence electrons. The lowest BCUT2D eigenvalue weighted by Gasteiger charge is -2.30. The Labute approximate surface area is 148 Å². The molecule has 1 amide bonds. The zero-order chi connectivity index (χ0) is 18.6. The number of amides is 1. The first-order chi connectivity index (χ1) is 11.7. The molecule has 6 nitrogen and oxygen atoms in total. The molecule has 0 aliphatic heterocycles. The first-order valence-electron chi connectivity index (χ1n) is 8.50. The number of nitrogens with one attached hydrogen (secondary N) is 1. The van der Waals surface area contributed by atoms with Gasteiger partial charge in [0, 0.05) is 12.3 Å². The van der Waals surface area contributed by atoms with E-state index in [9.17, 15) is 18.0 Å². The van der Waals surface area contributed by atoms with Crippen molar-refractivity contribution in [1.82, 2.24) is 5.32 Å². The second-order valence-electron chi connectivity index (χ2n) is 6.72. The third-order valence-electron chi connectivity index (χ3n) is 4.61. The van der Waals surface area contributed by atoms with E-state index in [2.05, 4.69) is 12.2 Å². The maximum absolute atomic E-state index is 12.2. The lowest BCUT2D eigenvalue weighted by Crippen LogP contribution is -2.45. The number of carbonyl (C=O) groups is 2. The van der Waals surface area contributed by atoms with Crippen LogP contribution in [0.5, 0.6) is 0 Å². The Morgan fingerprint density at radius 1 is 1.16 bits per heavy atom. The zero-order valence-electron chi connectivity index (χ0n) is 14.8. The van der Waals surface area contributed by atoms with Gasteiger partial charge in [0.2, 0.25) is 0 Å². The van der Waals surface area contributed by atoms with E-state index >= 15 is 0 Å². The van der Waals surface area contributed by atoms with E-state index in [0.717, 1.165) is 25.5 Å². The van der Waals surface area contributed by atoms with E-state index in [1.54, 1.807) is 0 Å². The van der Waals surface area contributed by atoms with Crippen LogP contribution in [0.4, 0.5) is 0 Å². The van der Waals surface area contributed by atoms with Gasteiger partial charge in [-0.15, -0.1) is 0 Å². The third kappa shape index (κ3) is 5.29. The second kappa shape index (κ2) is 7.99. The highest BCUT2D eigenvalue weighted by Gasteiger charge is 2.26. The summed E-state index contributed by atoms with van der Waals surface area (Å²) in [6, 6.07) is 5.58. The Balaban J connectivity index is 1.93. The quantitative estimate of drug-likeness (QED) is 0.807. The van der Waals surface area contributed by atoms with Gasteiger partial charge in [-0.05, 0) is 49.9 Å². The van der Waals surface area contributed by atoms with Crippen molar-refractivity contribution in [1.29, 1.82) is 0 Å². The Morgan fingerprint density at radius 2 is 1.76 bits per heavy atom. The summed E-state index contributed by atoms with van der Waals surface area (Å²) >= 11 is 0. The molecule has 0 unspecified atom stereocenters. The minimum atomic E-state index is -3.32. The van der Waals surface area contributed by atoms with Crippen LogP contribution in [-0.4, -0.2) is 38.7 Å². The number of rotatable bonds is 5. The van der Waals surface area contributed by atoms with Crippen LogP contribution in [0.3, 0.4) is 0 Å². The van der Waals surface area contributed by atoms with Crippen LogP contribution in [-0.2, 0) is 19.4 Å². The van der Waals surface area contributed by atoms with Gasteiger partial charge < -0.3 is 10.1 Å². The van der Waals surface area contributed by atoms with Crippen LogP contribution in [0.2, 0.25) is 0 Å². The highest BCUT2D eigenvalue weighted by atomic mass is 32.2. The van der Waals surface area contributed by atoms with Crippen molar-refractivity contribution in [3.8, 4) is 0 Å². The fourth-order valence-electron chi connectivity index (χ4n) is 2.95. The number of hydrogen-bond acceptors (Lipinski definition) is 5. The van der Waals surface area contributed by atoms with Crippen LogP contribution in [0, 0.1) is 5.92 Å². The normalized spacial score (nSPS) is 22.0. The average Bonchev–Trinajstić information content (AvgIpc) is 2.56.